The monoisotopic (exact) mass is 590 g/mol. The molecule has 0 amide bonds. The Labute approximate surface area is 110 Å². The van der Waals surface area contributed by atoms with Crippen LogP contribution in [0, 0.1) is 0 Å². The third-order valence-corrected chi connectivity index (χ3v) is 53.0. The Morgan fingerprint density at radius 2 is 1.62 bits per heavy atom. The van der Waals surface area contributed by atoms with E-state index in [0.29, 0.717) is 0 Å². The van der Waals surface area contributed by atoms with Gasteiger partial charge in [-0.3, -0.25) is 0 Å². The fourth-order valence-electron chi connectivity index (χ4n) is 1.13. The van der Waals surface area contributed by atoms with Crippen molar-refractivity contribution in [3.8, 4) is 0 Å². The Morgan fingerprint density at radius 3 is 2.08 bits per heavy atom. The topological polar surface area (TPSA) is 0 Å². The van der Waals surface area contributed by atoms with Crippen LogP contribution in [0.5, 0.6) is 0 Å². The van der Waals surface area contributed by atoms with Gasteiger partial charge in [-0.15, -0.1) is 0 Å². The normalized spacial score (nSPS) is 8.54. The molecule has 0 radical (unpaired) electrons. The van der Waals surface area contributed by atoms with Crippen molar-refractivity contribution >= 4 is 22.1 Å². The molecular weight excluding hydrogens is 580 g/mol. The van der Waals surface area contributed by atoms with E-state index < -0.39 is 46.7 Å². The molecule has 0 fully saturated rings. The van der Waals surface area contributed by atoms with Gasteiger partial charge in [0.15, 0.2) is 0 Å². The van der Waals surface area contributed by atoms with Gasteiger partial charge in [0, 0.05) is 0 Å². The molecular formula is C9H8Cl2Hg2. The molecule has 13 heavy (non-hydrogen) atoms. The molecule has 0 nitrogen and oxygen atoms in total. The van der Waals surface area contributed by atoms with Gasteiger partial charge in [0.2, 0.25) is 0 Å². The standard InChI is InChI=1S/C9H8.2ClH.2Hg/c1-8(2)9-6-4-3-5-7-9;;;;/h3-7H,1H3;2*1H;;/q;;;2*+1/p-2. The zero-order valence-electron chi connectivity index (χ0n) is 7.56. The van der Waals surface area contributed by atoms with E-state index in [1.165, 1.54) is 11.7 Å². The number of benzene rings is 1. The molecule has 1 aromatic rings. The van der Waals surface area contributed by atoms with Gasteiger partial charge in [0.1, 0.15) is 0 Å². The van der Waals surface area contributed by atoms with Gasteiger partial charge in [-0.1, -0.05) is 0 Å². The molecule has 0 aliphatic heterocycles. The van der Waals surface area contributed by atoms with Crippen LogP contribution in [0.15, 0.2) is 30.9 Å². The van der Waals surface area contributed by atoms with E-state index in [2.05, 4.69) is 31.2 Å². The summed E-state index contributed by atoms with van der Waals surface area (Å²) in [6.45, 7) is 2.16. The van der Waals surface area contributed by atoms with Crippen LogP contribution in [-0.2, 0) is 46.7 Å². The van der Waals surface area contributed by atoms with Gasteiger partial charge >= 0.3 is 112 Å². The fraction of sp³-hybridized carbons (Fsp3) is 0.111. The minimum atomic E-state index is -1.23. The third kappa shape index (κ3) is 3.81. The molecule has 4 heteroatoms. The van der Waals surface area contributed by atoms with Crippen LogP contribution >= 0.6 is 16.5 Å². The SMILES string of the molecule is CC(=[C]([Hg][Cl])[Hg][Cl])c1ccccc1. The molecule has 0 saturated carbocycles. The average Bonchev–Trinajstić information content (AvgIpc) is 2.21. The van der Waals surface area contributed by atoms with Gasteiger partial charge in [-0.05, 0) is 0 Å². The average molecular weight is 588 g/mol. The van der Waals surface area contributed by atoms with Gasteiger partial charge in [-0.2, -0.15) is 0 Å². The molecule has 1 rings (SSSR count). The zero-order chi connectivity index (χ0) is 9.68. The molecule has 0 heterocycles. The summed E-state index contributed by atoms with van der Waals surface area (Å²) in [6, 6.07) is 10.4. The Morgan fingerprint density at radius 1 is 1.08 bits per heavy atom. The van der Waals surface area contributed by atoms with Gasteiger partial charge in [0.05, 0.1) is 0 Å². The Bertz CT molecular complexity index is 290. The van der Waals surface area contributed by atoms with Crippen molar-refractivity contribution in [3.05, 3.63) is 36.5 Å². The first-order valence-corrected chi connectivity index (χ1v) is 23.2. The predicted octanol–water partition coefficient (Wildman–Crippen LogP) is 3.85. The number of rotatable bonds is 3. The molecule has 0 unspecified atom stereocenters. The van der Waals surface area contributed by atoms with Crippen molar-refractivity contribution in [2.24, 2.45) is 0 Å². The Hall–Kier alpha value is 1.41. The van der Waals surface area contributed by atoms with Crippen LogP contribution in [-0.4, -0.2) is 0 Å². The Kier molecular flexibility index (Phi) is 6.54. The van der Waals surface area contributed by atoms with E-state index in [1.54, 1.807) is 0 Å². The van der Waals surface area contributed by atoms with Crippen LogP contribution in [0.1, 0.15) is 12.5 Å². The van der Waals surface area contributed by atoms with Crippen LogP contribution in [0.4, 0.5) is 0 Å². The van der Waals surface area contributed by atoms with E-state index in [9.17, 15) is 0 Å². The number of hydrogen-bond acceptors (Lipinski definition) is 0. The molecule has 0 aromatic heterocycles. The van der Waals surface area contributed by atoms with Gasteiger partial charge in [0.25, 0.3) is 0 Å². The number of hydrogen-bond donors (Lipinski definition) is 0. The van der Waals surface area contributed by atoms with Crippen molar-refractivity contribution in [1.29, 1.82) is 0 Å². The van der Waals surface area contributed by atoms with E-state index in [1.807, 2.05) is 6.07 Å². The molecule has 0 saturated heterocycles. The first kappa shape index (κ1) is 12.5. The second kappa shape index (κ2) is 6.81. The first-order valence-electron chi connectivity index (χ1n) is 4.15. The zero-order valence-corrected chi connectivity index (χ0v) is 20.1. The Balaban J connectivity index is 3.01. The molecule has 0 spiro atoms. The summed E-state index contributed by atoms with van der Waals surface area (Å²) in [4.78, 5) is 0. The summed E-state index contributed by atoms with van der Waals surface area (Å²) in [7, 11) is 12.1. The summed E-state index contributed by atoms with van der Waals surface area (Å²) >= 11 is -2.47. The van der Waals surface area contributed by atoms with Gasteiger partial charge in [-0.25, -0.2) is 0 Å². The van der Waals surface area contributed by atoms with Gasteiger partial charge < -0.3 is 0 Å². The van der Waals surface area contributed by atoms with Crippen molar-refractivity contribution in [3.63, 3.8) is 0 Å². The molecule has 1 aromatic carbocycles. The molecule has 0 N–H and O–H groups in total. The van der Waals surface area contributed by atoms with E-state index in [4.69, 9.17) is 16.5 Å². The van der Waals surface area contributed by atoms with Crippen LogP contribution in [0.25, 0.3) is 5.57 Å². The second-order valence-corrected chi connectivity index (χ2v) is 31.4. The third-order valence-electron chi connectivity index (χ3n) is 2.06. The predicted molar refractivity (Wildman–Crippen MR) is 50.7 cm³/mol. The molecule has 0 aliphatic rings. The molecule has 0 bridgehead atoms. The molecule has 62 valence electrons. The molecule has 0 aliphatic carbocycles. The van der Waals surface area contributed by atoms with Crippen molar-refractivity contribution in [2.45, 2.75) is 6.92 Å². The van der Waals surface area contributed by atoms with E-state index in [-0.39, 0.29) is 0 Å². The van der Waals surface area contributed by atoms with Crippen molar-refractivity contribution < 1.29 is 46.7 Å². The second-order valence-electron chi connectivity index (χ2n) is 2.86. The summed E-state index contributed by atoms with van der Waals surface area (Å²) in [6.07, 6.45) is 0. The summed E-state index contributed by atoms with van der Waals surface area (Å²) in [5, 5.41) is 0. The minimum absolute atomic E-state index is 1.23. The first-order chi connectivity index (χ1) is 6.29. The van der Waals surface area contributed by atoms with Crippen molar-refractivity contribution in [2.75, 3.05) is 0 Å². The van der Waals surface area contributed by atoms with Crippen LogP contribution < -0.4 is 0 Å². The maximum absolute atomic E-state index is 6.05. The number of allylic oxidation sites excluding steroid dienone is 1. The summed E-state index contributed by atoms with van der Waals surface area (Å²) in [5.41, 5.74) is 2.69. The summed E-state index contributed by atoms with van der Waals surface area (Å²) < 4.78 is 1.54. The maximum atomic E-state index is 6.05. The van der Waals surface area contributed by atoms with Crippen LogP contribution in [0.2, 0.25) is 0 Å². The van der Waals surface area contributed by atoms with E-state index in [0.717, 1.165) is 0 Å². The van der Waals surface area contributed by atoms with Crippen LogP contribution in [0.3, 0.4) is 0 Å². The quantitative estimate of drug-likeness (QED) is 0.472. The molecule has 0 atom stereocenters. The fourth-order valence-corrected chi connectivity index (χ4v) is 32.5. The summed E-state index contributed by atoms with van der Waals surface area (Å²) in [5.74, 6) is 0. The number of halogens is 2. The van der Waals surface area contributed by atoms with Crippen molar-refractivity contribution in [1.82, 2.24) is 0 Å². The van der Waals surface area contributed by atoms with E-state index >= 15 is 0 Å².